The molecule has 0 bridgehead atoms. The van der Waals surface area contributed by atoms with Crippen molar-refractivity contribution >= 4 is 0 Å². The average molecular weight is 236 g/mol. The molecule has 2 rings (SSSR count). The van der Waals surface area contributed by atoms with E-state index in [0.717, 1.165) is 13.1 Å². The van der Waals surface area contributed by atoms with Crippen molar-refractivity contribution in [3.05, 3.63) is 18.2 Å². The third kappa shape index (κ3) is 3.07. The van der Waals surface area contributed by atoms with Crippen LogP contribution in [0.15, 0.2) is 12.5 Å². The molecule has 1 saturated heterocycles. The lowest BCUT2D eigenvalue weighted by Crippen LogP contribution is -2.39. The first-order valence-corrected chi connectivity index (χ1v) is 6.67. The minimum absolute atomic E-state index is 0.346. The Bertz CT molecular complexity index is 337. The molecule has 1 aliphatic rings. The number of aryl methyl sites for hydroxylation is 1. The summed E-state index contributed by atoms with van der Waals surface area (Å²) in [7, 11) is 0. The Morgan fingerprint density at radius 1 is 1.47 bits per heavy atom. The molecule has 0 saturated carbocycles. The van der Waals surface area contributed by atoms with Gasteiger partial charge in [-0.2, -0.15) is 0 Å². The number of aromatic nitrogens is 2. The zero-order chi connectivity index (χ0) is 12.3. The monoisotopic (exact) mass is 236 g/mol. The topological polar surface area (TPSA) is 47.1 Å². The lowest BCUT2D eigenvalue weighted by Gasteiger charge is -2.33. The zero-order valence-corrected chi connectivity index (χ0v) is 11.0. The Labute approximate surface area is 104 Å². The normalized spacial score (nSPS) is 20.6. The molecule has 4 nitrogen and oxygen atoms in total. The second-order valence-corrected chi connectivity index (χ2v) is 5.14. The molecule has 2 heterocycles. The van der Waals surface area contributed by atoms with Gasteiger partial charge in [0.05, 0.1) is 12.0 Å². The Hall–Kier alpha value is -0.870. The van der Waals surface area contributed by atoms with Crippen LogP contribution in [0, 0.1) is 5.92 Å². The molecule has 4 heteroatoms. The van der Waals surface area contributed by atoms with E-state index in [9.17, 15) is 0 Å². The summed E-state index contributed by atoms with van der Waals surface area (Å²) in [5.74, 6) is 0.710. The lowest BCUT2D eigenvalue weighted by molar-refractivity contribution is 0.162. The van der Waals surface area contributed by atoms with E-state index in [0.29, 0.717) is 12.0 Å². The quantitative estimate of drug-likeness (QED) is 0.861. The van der Waals surface area contributed by atoms with Gasteiger partial charge in [-0.25, -0.2) is 4.98 Å². The Morgan fingerprint density at radius 2 is 2.18 bits per heavy atom. The van der Waals surface area contributed by atoms with Gasteiger partial charge in [0.25, 0.3) is 0 Å². The molecular formula is C13H24N4. The van der Waals surface area contributed by atoms with E-state index >= 15 is 0 Å². The maximum atomic E-state index is 5.96. The maximum Gasteiger partial charge on any atom is 0.0948 e. The Morgan fingerprint density at radius 3 is 2.76 bits per heavy atom. The fourth-order valence-corrected chi connectivity index (χ4v) is 2.63. The first kappa shape index (κ1) is 12.6. The van der Waals surface area contributed by atoms with E-state index in [1.165, 1.54) is 31.6 Å². The van der Waals surface area contributed by atoms with Gasteiger partial charge in [0.2, 0.25) is 0 Å². The lowest BCUT2D eigenvalue weighted by atomic mass is 9.91. The number of hydrogen-bond acceptors (Lipinski definition) is 3. The molecule has 0 amide bonds. The highest BCUT2D eigenvalue weighted by Crippen LogP contribution is 2.20. The molecule has 1 atom stereocenters. The van der Waals surface area contributed by atoms with Crippen molar-refractivity contribution in [3.63, 3.8) is 0 Å². The van der Waals surface area contributed by atoms with Gasteiger partial charge in [-0.05, 0) is 45.7 Å². The predicted octanol–water partition coefficient (Wildman–Crippen LogP) is 1.46. The van der Waals surface area contributed by atoms with Crippen molar-refractivity contribution < 1.29 is 0 Å². The van der Waals surface area contributed by atoms with Crippen molar-refractivity contribution in [2.24, 2.45) is 11.7 Å². The second-order valence-electron chi connectivity index (χ2n) is 5.14. The highest BCUT2D eigenvalue weighted by atomic mass is 15.2. The number of likely N-dealkylation sites (tertiary alicyclic amines) is 1. The van der Waals surface area contributed by atoms with Gasteiger partial charge >= 0.3 is 0 Å². The van der Waals surface area contributed by atoms with E-state index in [-0.39, 0.29) is 0 Å². The smallest absolute Gasteiger partial charge is 0.0948 e. The van der Waals surface area contributed by atoms with Crippen molar-refractivity contribution in [1.29, 1.82) is 0 Å². The van der Waals surface area contributed by atoms with E-state index in [2.05, 4.69) is 28.3 Å². The molecule has 1 aliphatic heterocycles. The van der Waals surface area contributed by atoms with Crippen LogP contribution in [-0.4, -0.2) is 33.6 Å². The molecule has 1 unspecified atom stereocenters. The van der Waals surface area contributed by atoms with Crippen LogP contribution in [0.25, 0.3) is 0 Å². The van der Waals surface area contributed by atoms with E-state index in [4.69, 9.17) is 5.73 Å². The summed E-state index contributed by atoms with van der Waals surface area (Å²) >= 11 is 0. The SMILES string of the molecule is CCn1cncc1CN1CCC(C(C)N)CC1. The summed E-state index contributed by atoms with van der Waals surface area (Å²) in [4.78, 5) is 6.73. The molecule has 0 aliphatic carbocycles. The van der Waals surface area contributed by atoms with Crippen LogP contribution in [0.3, 0.4) is 0 Å². The van der Waals surface area contributed by atoms with E-state index in [1.807, 2.05) is 12.5 Å². The largest absolute Gasteiger partial charge is 0.334 e. The molecule has 2 N–H and O–H groups in total. The summed E-state index contributed by atoms with van der Waals surface area (Å²) < 4.78 is 2.22. The standard InChI is InChI=1S/C13H24N4/c1-3-17-10-15-8-13(17)9-16-6-4-12(5-7-16)11(2)14/h8,10-12H,3-7,9,14H2,1-2H3. The van der Waals surface area contributed by atoms with Crippen molar-refractivity contribution in [1.82, 2.24) is 14.5 Å². The average Bonchev–Trinajstić information content (AvgIpc) is 2.77. The fraction of sp³-hybridized carbons (Fsp3) is 0.769. The van der Waals surface area contributed by atoms with Crippen LogP contribution in [0.4, 0.5) is 0 Å². The van der Waals surface area contributed by atoms with Gasteiger partial charge in [-0.1, -0.05) is 0 Å². The van der Waals surface area contributed by atoms with E-state index < -0.39 is 0 Å². The minimum atomic E-state index is 0.346. The van der Waals surface area contributed by atoms with Crippen LogP contribution < -0.4 is 5.73 Å². The molecule has 0 spiro atoms. The summed E-state index contributed by atoms with van der Waals surface area (Å²) in [6.07, 6.45) is 6.38. The van der Waals surface area contributed by atoms with Crippen LogP contribution in [0.5, 0.6) is 0 Å². The third-order valence-corrected chi connectivity index (χ3v) is 3.90. The summed E-state index contributed by atoms with van der Waals surface area (Å²) in [5, 5.41) is 0. The number of piperidine rings is 1. The third-order valence-electron chi connectivity index (χ3n) is 3.90. The van der Waals surface area contributed by atoms with Crippen LogP contribution in [0.1, 0.15) is 32.4 Å². The highest BCUT2D eigenvalue weighted by Gasteiger charge is 2.22. The first-order valence-electron chi connectivity index (χ1n) is 6.67. The molecule has 96 valence electrons. The van der Waals surface area contributed by atoms with Crippen LogP contribution >= 0.6 is 0 Å². The first-order chi connectivity index (χ1) is 8.20. The molecule has 0 radical (unpaired) electrons. The summed E-state index contributed by atoms with van der Waals surface area (Å²) in [6, 6.07) is 0.346. The number of nitrogens with zero attached hydrogens (tertiary/aromatic N) is 3. The highest BCUT2D eigenvalue weighted by molar-refractivity contribution is 4.98. The molecule has 1 aromatic heterocycles. The molecule has 0 aromatic carbocycles. The van der Waals surface area contributed by atoms with Gasteiger partial charge in [0.15, 0.2) is 0 Å². The number of imidazole rings is 1. The zero-order valence-electron chi connectivity index (χ0n) is 11.0. The van der Waals surface area contributed by atoms with Crippen molar-refractivity contribution in [3.8, 4) is 0 Å². The molecule has 1 fully saturated rings. The minimum Gasteiger partial charge on any atom is -0.334 e. The number of nitrogens with two attached hydrogens (primary N) is 1. The number of hydrogen-bond donors (Lipinski definition) is 1. The Kier molecular flexibility index (Phi) is 4.18. The van der Waals surface area contributed by atoms with Gasteiger partial charge < -0.3 is 10.3 Å². The molecule has 1 aromatic rings. The van der Waals surface area contributed by atoms with Gasteiger partial charge in [0, 0.05) is 25.3 Å². The number of rotatable bonds is 4. The summed E-state index contributed by atoms with van der Waals surface area (Å²) in [6.45, 7) is 8.66. The van der Waals surface area contributed by atoms with Gasteiger partial charge in [0.1, 0.15) is 0 Å². The van der Waals surface area contributed by atoms with E-state index in [1.54, 1.807) is 0 Å². The van der Waals surface area contributed by atoms with Crippen molar-refractivity contribution in [2.45, 2.75) is 45.8 Å². The second kappa shape index (κ2) is 5.65. The van der Waals surface area contributed by atoms with Gasteiger partial charge in [-0.3, -0.25) is 4.90 Å². The Balaban J connectivity index is 1.86. The molecular weight excluding hydrogens is 212 g/mol. The fourth-order valence-electron chi connectivity index (χ4n) is 2.63. The van der Waals surface area contributed by atoms with Gasteiger partial charge in [-0.15, -0.1) is 0 Å². The van der Waals surface area contributed by atoms with Crippen molar-refractivity contribution in [2.75, 3.05) is 13.1 Å². The van der Waals surface area contributed by atoms with Crippen LogP contribution in [-0.2, 0) is 13.1 Å². The summed E-state index contributed by atoms with van der Waals surface area (Å²) in [5.41, 5.74) is 7.29. The predicted molar refractivity (Wildman–Crippen MR) is 69.6 cm³/mol. The van der Waals surface area contributed by atoms with Crippen LogP contribution in [0.2, 0.25) is 0 Å². The molecule has 17 heavy (non-hydrogen) atoms. The maximum absolute atomic E-state index is 5.96.